The summed E-state index contributed by atoms with van der Waals surface area (Å²) in [5, 5.41) is 6.60. The molecule has 2 N–H and O–H groups in total. The van der Waals surface area contributed by atoms with Crippen LogP contribution < -0.4 is 10.6 Å². The summed E-state index contributed by atoms with van der Waals surface area (Å²) in [5.41, 5.74) is 1.43. The third kappa shape index (κ3) is 5.05. The van der Waals surface area contributed by atoms with Gasteiger partial charge in [-0.25, -0.2) is 9.97 Å². The predicted molar refractivity (Wildman–Crippen MR) is 82.9 cm³/mol. The van der Waals surface area contributed by atoms with Crippen LogP contribution in [0.3, 0.4) is 0 Å². The monoisotopic (exact) mass is 264 g/mol. The van der Waals surface area contributed by atoms with Gasteiger partial charge in [-0.15, -0.1) is 0 Å². The molecule has 1 rings (SSSR count). The highest BCUT2D eigenvalue weighted by Gasteiger charge is 2.12. The van der Waals surface area contributed by atoms with Crippen LogP contribution in [-0.2, 0) is 6.42 Å². The van der Waals surface area contributed by atoms with Gasteiger partial charge in [0, 0.05) is 25.6 Å². The molecule has 0 aromatic carbocycles. The van der Waals surface area contributed by atoms with Crippen molar-refractivity contribution in [2.45, 2.75) is 53.9 Å². The maximum Gasteiger partial charge on any atom is 0.134 e. The van der Waals surface area contributed by atoms with Gasteiger partial charge >= 0.3 is 0 Å². The van der Waals surface area contributed by atoms with Gasteiger partial charge < -0.3 is 10.6 Å². The normalized spacial score (nSPS) is 11.5. The molecule has 1 heterocycles. The van der Waals surface area contributed by atoms with Gasteiger partial charge in [-0.2, -0.15) is 0 Å². The number of hydrogen-bond acceptors (Lipinski definition) is 4. The first-order valence-electron chi connectivity index (χ1n) is 7.16. The minimum atomic E-state index is 0.339. The van der Waals surface area contributed by atoms with Crippen molar-refractivity contribution < 1.29 is 0 Å². The third-order valence-corrected chi connectivity index (χ3v) is 3.07. The van der Waals surface area contributed by atoms with Crippen molar-refractivity contribution in [3.05, 3.63) is 11.4 Å². The van der Waals surface area contributed by atoms with Gasteiger partial charge in [0.05, 0.1) is 0 Å². The summed E-state index contributed by atoms with van der Waals surface area (Å²) in [6.45, 7) is 11.9. The molecular formula is C15H28N4. The maximum atomic E-state index is 4.63. The molecule has 0 saturated heterocycles. The third-order valence-electron chi connectivity index (χ3n) is 3.07. The summed E-state index contributed by atoms with van der Waals surface area (Å²) < 4.78 is 0. The Morgan fingerprint density at radius 3 is 2.26 bits per heavy atom. The molecule has 19 heavy (non-hydrogen) atoms. The van der Waals surface area contributed by atoms with Gasteiger partial charge in [0.2, 0.25) is 0 Å². The SMILES string of the molecule is CCCc1nc(NC)c(C)c(NCCC(C)(C)C)n1. The fourth-order valence-electron chi connectivity index (χ4n) is 1.87. The van der Waals surface area contributed by atoms with Gasteiger partial charge in [0.15, 0.2) is 0 Å². The quantitative estimate of drug-likeness (QED) is 0.824. The van der Waals surface area contributed by atoms with Gasteiger partial charge in [0.25, 0.3) is 0 Å². The Bertz CT molecular complexity index is 407. The lowest BCUT2D eigenvalue weighted by Crippen LogP contribution is -2.15. The number of nitrogens with one attached hydrogen (secondary N) is 2. The number of rotatable bonds is 6. The molecule has 0 radical (unpaired) electrons. The number of hydrogen-bond donors (Lipinski definition) is 2. The van der Waals surface area contributed by atoms with Crippen molar-refractivity contribution in [2.75, 3.05) is 24.2 Å². The van der Waals surface area contributed by atoms with E-state index >= 15 is 0 Å². The largest absolute Gasteiger partial charge is 0.373 e. The van der Waals surface area contributed by atoms with Crippen molar-refractivity contribution in [2.24, 2.45) is 5.41 Å². The maximum absolute atomic E-state index is 4.63. The van der Waals surface area contributed by atoms with Crippen LogP contribution >= 0.6 is 0 Å². The van der Waals surface area contributed by atoms with E-state index in [1.54, 1.807) is 0 Å². The second kappa shape index (κ2) is 6.73. The van der Waals surface area contributed by atoms with Gasteiger partial charge in [-0.1, -0.05) is 27.7 Å². The highest BCUT2D eigenvalue weighted by Crippen LogP contribution is 2.22. The van der Waals surface area contributed by atoms with E-state index in [0.29, 0.717) is 5.41 Å². The minimum absolute atomic E-state index is 0.339. The van der Waals surface area contributed by atoms with Crippen LogP contribution in [0, 0.1) is 12.3 Å². The van der Waals surface area contributed by atoms with Gasteiger partial charge in [-0.05, 0) is 25.2 Å². The Morgan fingerprint density at radius 2 is 1.74 bits per heavy atom. The van der Waals surface area contributed by atoms with Crippen LogP contribution in [0.5, 0.6) is 0 Å². The Labute approximate surface area is 117 Å². The highest BCUT2D eigenvalue weighted by molar-refractivity contribution is 5.56. The molecule has 0 amide bonds. The van der Waals surface area contributed by atoms with E-state index in [-0.39, 0.29) is 0 Å². The summed E-state index contributed by atoms with van der Waals surface area (Å²) in [6.07, 6.45) is 3.10. The molecule has 0 aliphatic rings. The molecule has 4 heteroatoms. The molecule has 1 aromatic heterocycles. The van der Waals surface area contributed by atoms with Crippen molar-refractivity contribution in [3.8, 4) is 0 Å². The van der Waals surface area contributed by atoms with E-state index in [2.05, 4.69) is 55.2 Å². The minimum Gasteiger partial charge on any atom is -0.373 e. The standard InChI is InChI=1S/C15H28N4/c1-7-8-12-18-13(16-6)11(2)14(19-12)17-10-9-15(3,4)5/h7-10H2,1-6H3,(H2,16,17,18,19). The van der Waals surface area contributed by atoms with Gasteiger partial charge in [-0.3, -0.25) is 0 Å². The smallest absolute Gasteiger partial charge is 0.134 e. The lowest BCUT2D eigenvalue weighted by molar-refractivity contribution is 0.389. The summed E-state index contributed by atoms with van der Waals surface area (Å²) in [7, 11) is 1.91. The fraction of sp³-hybridized carbons (Fsp3) is 0.733. The number of aryl methyl sites for hydroxylation is 1. The number of aromatic nitrogens is 2. The first-order valence-corrected chi connectivity index (χ1v) is 7.16. The molecule has 0 bridgehead atoms. The zero-order chi connectivity index (χ0) is 14.5. The van der Waals surface area contributed by atoms with Crippen molar-refractivity contribution in [1.82, 2.24) is 9.97 Å². The van der Waals surface area contributed by atoms with E-state index in [1.165, 1.54) is 0 Å². The van der Waals surface area contributed by atoms with Crippen LogP contribution in [-0.4, -0.2) is 23.6 Å². The predicted octanol–water partition coefficient (Wildman–Crippen LogP) is 3.63. The Morgan fingerprint density at radius 1 is 1.11 bits per heavy atom. The first-order chi connectivity index (χ1) is 8.87. The fourth-order valence-corrected chi connectivity index (χ4v) is 1.87. The molecule has 0 spiro atoms. The number of anilines is 2. The molecule has 0 atom stereocenters. The topological polar surface area (TPSA) is 49.8 Å². The molecule has 0 aliphatic carbocycles. The Kier molecular flexibility index (Phi) is 5.58. The van der Waals surface area contributed by atoms with Gasteiger partial charge in [0.1, 0.15) is 17.5 Å². The molecule has 0 fully saturated rings. The zero-order valence-electron chi connectivity index (χ0n) is 13.2. The summed E-state index contributed by atoms with van der Waals surface area (Å²) >= 11 is 0. The molecular weight excluding hydrogens is 236 g/mol. The number of nitrogens with zero attached hydrogens (tertiary/aromatic N) is 2. The molecule has 0 saturated carbocycles. The van der Waals surface area contributed by atoms with Crippen molar-refractivity contribution in [3.63, 3.8) is 0 Å². The summed E-state index contributed by atoms with van der Waals surface area (Å²) in [4.78, 5) is 9.16. The van der Waals surface area contributed by atoms with E-state index in [4.69, 9.17) is 0 Å². The first kappa shape index (κ1) is 15.7. The van der Waals surface area contributed by atoms with Crippen LogP contribution in [0.2, 0.25) is 0 Å². The molecule has 1 aromatic rings. The van der Waals surface area contributed by atoms with Crippen LogP contribution in [0.25, 0.3) is 0 Å². The van der Waals surface area contributed by atoms with E-state index in [1.807, 2.05) is 7.05 Å². The van der Waals surface area contributed by atoms with Crippen LogP contribution in [0.4, 0.5) is 11.6 Å². The average Bonchev–Trinajstić information content (AvgIpc) is 2.31. The Balaban J connectivity index is 2.83. The van der Waals surface area contributed by atoms with E-state index in [9.17, 15) is 0 Å². The summed E-state index contributed by atoms with van der Waals surface area (Å²) in [6, 6.07) is 0. The Hall–Kier alpha value is -1.32. The molecule has 0 aliphatic heterocycles. The van der Waals surface area contributed by atoms with Crippen LogP contribution in [0.1, 0.15) is 51.9 Å². The van der Waals surface area contributed by atoms with Crippen molar-refractivity contribution in [1.29, 1.82) is 0 Å². The highest BCUT2D eigenvalue weighted by atomic mass is 15.1. The lowest BCUT2D eigenvalue weighted by Gasteiger charge is -2.19. The molecule has 0 unspecified atom stereocenters. The summed E-state index contributed by atoms with van der Waals surface area (Å²) in [5.74, 6) is 2.81. The molecule has 4 nitrogen and oxygen atoms in total. The zero-order valence-corrected chi connectivity index (χ0v) is 13.2. The average molecular weight is 264 g/mol. The second-order valence-corrected chi connectivity index (χ2v) is 6.20. The van der Waals surface area contributed by atoms with E-state index in [0.717, 1.165) is 48.8 Å². The van der Waals surface area contributed by atoms with E-state index < -0.39 is 0 Å². The second-order valence-electron chi connectivity index (χ2n) is 6.20. The van der Waals surface area contributed by atoms with Crippen molar-refractivity contribution >= 4 is 11.6 Å². The van der Waals surface area contributed by atoms with Crippen LogP contribution in [0.15, 0.2) is 0 Å². The molecule has 108 valence electrons. The lowest BCUT2D eigenvalue weighted by atomic mass is 9.92.